The number of hydrogen-bond donors (Lipinski definition) is 1. The van der Waals surface area contributed by atoms with Crippen molar-refractivity contribution in [2.24, 2.45) is 0 Å². The van der Waals surface area contributed by atoms with Crippen molar-refractivity contribution >= 4 is 23.7 Å². The molecule has 0 radical (unpaired) electrons. The minimum atomic E-state index is -0.898. The number of carboxylic acid groups (broad SMARTS) is 1. The van der Waals surface area contributed by atoms with Crippen molar-refractivity contribution < 1.29 is 9.90 Å². The molecule has 1 aromatic carbocycles. The number of hydrogen-bond acceptors (Lipinski definition) is 3. The number of rotatable bonds is 1. The third-order valence-corrected chi connectivity index (χ3v) is 5.03. The summed E-state index contributed by atoms with van der Waals surface area (Å²) in [4.78, 5) is 18.5. The van der Waals surface area contributed by atoms with Gasteiger partial charge in [0, 0.05) is 30.4 Å². The number of fused-ring (bicyclic) bond motifs is 2. The minimum absolute atomic E-state index is 0.317. The fraction of sp³-hybridized carbons (Fsp3) is 0.238. The molecule has 2 heterocycles. The van der Waals surface area contributed by atoms with Crippen LogP contribution in [0.15, 0.2) is 42.1 Å². The number of benzene rings is 1. The first-order chi connectivity index (χ1) is 12.1. The second kappa shape index (κ2) is 6.30. The molecule has 0 atom stereocenters. The lowest BCUT2D eigenvalue weighted by molar-refractivity contribution is 0.0697. The molecule has 4 heteroatoms. The molecule has 0 spiro atoms. The van der Waals surface area contributed by atoms with E-state index < -0.39 is 5.97 Å². The fourth-order valence-corrected chi connectivity index (χ4v) is 3.62. The highest BCUT2D eigenvalue weighted by Crippen LogP contribution is 2.38. The topological polar surface area (TPSA) is 53.4 Å². The summed E-state index contributed by atoms with van der Waals surface area (Å²) in [5, 5.41) is 9.43. The number of aromatic nitrogens is 1. The van der Waals surface area contributed by atoms with Crippen LogP contribution in [0.4, 0.5) is 0 Å². The maximum Gasteiger partial charge on any atom is 0.335 e. The summed E-state index contributed by atoms with van der Waals surface area (Å²) in [6, 6.07) is 9.38. The summed E-state index contributed by atoms with van der Waals surface area (Å²) in [6.45, 7) is 2.03. The molecule has 0 unspecified atom stereocenters. The Hall–Kier alpha value is -2.72. The van der Waals surface area contributed by atoms with Crippen LogP contribution in [0.3, 0.4) is 0 Å². The highest BCUT2D eigenvalue weighted by Gasteiger charge is 2.23. The first kappa shape index (κ1) is 15.8. The van der Waals surface area contributed by atoms with Gasteiger partial charge in [-0.3, -0.25) is 4.98 Å². The van der Waals surface area contributed by atoms with Gasteiger partial charge < -0.3 is 10.0 Å². The van der Waals surface area contributed by atoms with Crippen LogP contribution in [0.1, 0.15) is 45.6 Å². The van der Waals surface area contributed by atoms with E-state index >= 15 is 0 Å². The van der Waals surface area contributed by atoms with Crippen molar-refractivity contribution in [3.8, 4) is 0 Å². The van der Waals surface area contributed by atoms with Crippen molar-refractivity contribution in [2.45, 2.75) is 12.8 Å². The third kappa shape index (κ3) is 2.89. The molecule has 0 bridgehead atoms. The third-order valence-electron chi connectivity index (χ3n) is 5.03. The fourth-order valence-electron chi connectivity index (χ4n) is 3.62. The van der Waals surface area contributed by atoms with E-state index in [2.05, 4.69) is 35.1 Å². The number of aromatic carboxylic acids is 1. The second-order valence-electron chi connectivity index (χ2n) is 6.66. The molecule has 0 saturated carbocycles. The lowest BCUT2D eigenvalue weighted by Crippen LogP contribution is -2.27. The molecular weight excluding hydrogens is 312 g/mol. The quantitative estimate of drug-likeness (QED) is 0.736. The zero-order valence-corrected chi connectivity index (χ0v) is 14.2. The predicted octanol–water partition coefficient (Wildman–Crippen LogP) is 3.79. The molecular formula is C21H20N2O2. The molecule has 1 aliphatic heterocycles. The van der Waals surface area contributed by atoms with E-state index in [0.717, 1.165) is 53.9 Å². The Labute approximate surface area is 147 Å². The normalized spacial score (nSPS) is 17.0. The largest absolute Gasteiger partial charge is 0.478 e. The SMILES string of the molecule is CN1CCC(=C2c3cc(C(=O)O)ccc3C=Cc3cccnc32)CC1. The van der Waals surface area contributed by atoms with Crippen LogP contribution < -0.4 is 0 Å². The summed E-state index contributed by atoms with van der Waals surface area (Å²) in [5.74, 6) is -0.898. The van der Waals surface area contributed by atoms with Crippen LogP contribution in [0, 0.1) is 0 Å². The van der Waals surface area contributed by atoms with Crippen LogP contribution in [0.2, 0.25) is 0 Å². The molecule has 25 heavy (non-hydrogen) atoms. The Morgan fingerprint density at radius 1 is 1.12 bits per heavy atom. The molecule has 1 aliphatic carbocycles. The Morgan fingerprint density at radius 3 is 2.64 bits per heavy atom. The van der Waals surface area contributed by atoms with E-state index in [9.17, 15) is 9.90 Å². The molecule has 126 valence electrons. The summed E-state index contributed by atoms with van der Waals surface area (Å²) in [6.07, 6.45) is 7.92. The van der Waals surface area contributed by atoms with Crippen molar-refractivity contribution in [2.75, 3.05) is 20.1 Å². The average molecular weight is 332 g/mol. The Bertz CT molecular complexity index is 902. The van der Waals surface area contributed by atoms with Gasteiger partial charge in [-0.1, -0.05) is 29.9 Å². The molecule has 1 N–H and O–H groups in total. The Balaban J connectivity index is 1.98. The first-order valence-electron chi connectivity index (χ1n) is 8.55. The van der Waals surface area contributed by atoms with E-state index in [1.54, 1.807) is 12.1 Å². The maximum absolute atomic E-state index is 11.5. The maximum atomic E-state index is 11.5. The van der Waals surface area contributed by atoms with Crippen LogP contribution >= 0.6 is 0 Å². The van der Waals surface area contributed by atoms with Gasteiger partial charge >= 0.3 is 5.97 Å². The smallest absolute Gasteiger partial charge is 0.335 e. The monoisotopic (exact) mass is 332 g/mol. The van der Waals surface area contributed by atoms with Crippen molar-refractivity contribution in [1.29, 1.82) is 0 Å². The number of carboxylic acids is 1. The number of pyridine rings is 1. The zero-order chi connectivity index (χ0) is 17.4. The van der Waals surface area contributed by atoms with E-state index in [1.807, 2.05) is 18.3 Å². The summed E-state index contributed by atoms with van der Waals surface area (Å²) >= 11 is 0. The summed E-state index contributed by atoms with van der Waals surface area (Å²) in [5.41, 5.74) is 6.86. The summed E-state index contributed by atoms with van der Waals surface area (Å²) < 4.78 is 0. The van der Waals surface area contributed by atoms with Crippen molar-refractivity contribution in [3.05, 3.63) is 70.0 Å². The van der Waals surface area contributed by atoms with Crippen LogP contribution in [0.5, 0.6) is 0 Å². The highest BCUT2D eigenvalue weighted by atomic mass is 16.4. The lowest BCUT2D eigenvalue weighted by Gasteiger charge is -2.27. The zero-order valence-electron chi connectivity index (χ0n) is 14.2. The van der Waals surface area contributed by atoms with Crippen LogP contribution in [-0.2, 0) is 0 Å². The number of nitrogens with zero attached hydrogens (tertiary/aromatic N) is 2. The second-order valence-corrected chi connectivity index (χ2v) is 6.66. The van der Waals surface area contributed by atoms with E-state index in [0.29, 0.717) is 5.56 Å². The number of carbonyl (C=O) groups is 1. The molecule has 1 fully saturated rings. The standard InChI is InChI=1S/C21H20N2O2/c1-23-11-8-15(9-12-23)19-18-13-17(21(24)25)7-5-14(18)4-6-16-3-2-10-22-20(16)19/h2-7,10,13H,8-9,11-12H2,1H3,(H,24,25). The van der Waals surface area contributed by atoms with Gasteiger partial charge in [0.05, 0.1) is 11.3 Å². The summed E-state index contributed by atoms with van der Waals surface area (Å²) in [7, 11) is 2.14. The highest BCUT2D eigenvalue weighted by molar-refractivity contribution is 5.97. The Morgan fingerprint density at radius 2 is 1.88 bits per heavy atom. The molecule has 4 rings (SSSR count). The molecule has 2 aliphatic rings. The van der Waals surface area contributed by atoms with Crippen molar-refractivity contribution in [1.82, 2.24) is 9.88 Å². The average Bonchev–Trinajstić information content (AvgIpc) is 2.79. The first-order valence-corrected chi connectivity index (χ1v) is 8.55. The Kier molecular flexibility index (Phi) is 3.98. The molecule has 1 aromatic heterocycles. The van der Waals surface area contributed by atoms with E-state index in [4.69, 9.17) is 0 Å². The number of piperidine rings is 1. The van der Waals surface area contributed by atoms with Crippen LogP contribution in [0.25, 0.3) is 17.7 Å². The van der Waals surface area contributed by atoms with Gasteiger partial charge in [-0.15, -0.1) is 0 Å². The van der Waals surface area contributed by atoms with Gasteiger partial charge in [0.25, 0.3) is 0 Å². The van der Waals surface area contributed by atoms with E-state index in [-0.39, 0.29) is 0 Å². The molecule has 1 saturated heterocycles. The molecule has 2 aromatic rings. The number of likely N-dealkylation sites (tertiary alicyclic amines) is 1. The van der Waals surface area contributed by atoms with Gasteiger partial charge in [-0.2, -0.15) is 0 Å². The molecule has 4 nitrogen and oxygen atoms in total. The van der Waals surface area contributed by atoms with E-state index in [1.165, 1.54) is 5.57 Å². The van der Waals surface area contributed by atoms with Gasteiger partial charge in [0.15, 0.2) is 0 Å². The lowest BCUT2D eigenvalue weighted by atomic mass is 9.87. The van der Waals surface area contributed by atoms with Gasteiger partial charge in [-0.05, 0) is 49.2 Å². The van der Waals surface area contributed by atoms with Gasteiger partial charge in [0.1, 0.15) is 0 Å². The van der Waals surface area contributed by atoms with Crippen LogP contribution in [-0.4, -0.2) is 41.1 Å². The van der Waals surface area contributed by atoms with Crippen molar-refractivity contribution in [3.63, 3.8) is 0 Å². The predicted molar refractivity (Wildman–Crippen MR) is 99.3 cm³/mol. The van der Waals surface area contributed by atoms with Gasteiger partial charge in [-0.25, -0.2) is 4.79 Å². The molecule has 0 amide bonds. The van der Waals surface area contributed by atoms with Gasteiger partial charge in [0.2, 0.25) is 0 Å². The minimum Gasteiger partial charge on any atom is -0.478 e.